The number of rotatable bonds is 2. The van der Waals surface area contributed by atoms with Gasteiger partial charge in [-0.15, -0.1) is 0 Å². The lowest BCUT2D eigenvalue weighted by atomic mass is 10.2. The Labute approximate surface area is 105 Å². The molecule has 0 aliphatic carbocycles. The molecule has 0 N–H and O–H groups in total. The average Bonchev–Trinajstić information content (AvgIpc) is 2.57. The van der Waals surface area contributed by atoms with Crippen LogP contribution in [0.25, 0.3) is 10.9 Å². The Kier molecular flexibility index (Phi) is 3.15. The van der Waals surface area contributed by atoms with Gasteiger partial charge >= 0.3 is 5.97 Å². The summed E-state index contributed by atoms with van der Waals surface area (Å²) in [5, 5.41) is 4.18. The summed E-state index contributed by atoms with van der Waals surface area (Å²) >= 11 is 3.20. The number of fused-ring (bicyclic) bond motifs is 1. The van der Waals surface area contributed by atoms with Crippen LogP contribution in [0.2, 0.25) is 0 Å². The number of hydrogen-bond donors (Lipinski definition) is 0. The fourth-order valence-corrected chi connectivity index (χ4v) is 2.06. The molecule has 0 aliphatic rings. The highest BCUT2D eigenvalue weighted by Gasteiger charge is 2.20. The van der Waals surface area contributed by atoms with Gasteiger partial charge in [-0.1, -0.05) is 15.9 Å². The monoisotopic (exact) mass is 300 g/mol. The van der Waals surface area contributed by atoms with E-state index in [-0.39, 0.29) is 17.7 Å². The van der Waals surface area contributed by atoms with Crippen LogP contribution in [0, 0.1) is 5.82 Å². The fourth-order valence-electron chi connectivity index (χ4n) is 1.65. The third kappa shape index (κ3) is 2.04. The number of benzene rings is 1. The summed E-state index contributed by atoms with van der Waals surface area (Å²) in [4.78, 5) is 11.6. The molecular weight excluding hydrogens is 291 g/mol. The van der Waals surface area contributed by atoms with Crippen molar-refractivity contribution in [2.45, 2.75) is 6.92 Å². The molecule has 1 heterocycles. The van der Waals surface area contributed by atoms with Crippen LogP contribution in [0.15, 0.2) is 16.6 Å². The predicted octanol–water partition coefficient (Wildman–Crippen LogP) is 2.65. The van der Waals surface area contributed by atoms with Gasteiger partial charge in [0.15, 0.2) is 5.69 Å². The lowest BCUT2D eigenvalue weighted by molar-refractivity contribution is 0.0520. The van der Waals surface area contributed by atoms with Crippen molar-refractivity contribution in [2.75, 3.05) is 6.61 Å². The summed E-state index contributed by atoms with van der Waals surface area (Å²) in [7, 11) is 1.65. The molecule has 0 spiro atoms. The van der Waals surface area contributed by atoms with Crippen molar-refractivity contribution >= 4 is 32.8 Å². The van der Waals surface area contributed by atoms with Crippen molar-refractivity contribution in [3.63, 3.8) is 0 Å². The lowest BCUT2D eigenvalue weighted by Gasteiger charge is -1.99. The van der Waals surface area contributed by atoms with Gasteiger partial charge in [0, 0.05) is 11.5 Å². The second kappa shape index (κ2) is 4.44. The molecule has 90 valence electrons. The first-order valence-corrected chi connectivity index (χ1v) is 5.82. The van der Waals surface area contributed by atoms with Crippen LogP contribution in [0.5, 0.6) is 0 Å². The van der Waals surface area contributed by atoms with Crippen molar-refractivity contribution < 1.29 is 13.9 Å². The fraction of sp³-hybridized carbons (Fsp3) is 0.273. The summed E-state index contributed by atoms with van der Waals surface area (Å²) in [6, 6.07) is 3.00. The van der Waals surface area contributed by atoms with E-state index in [4.69, 9.17) is 4.74 Å². The van der Waals surface area contributed by atoms with Crippen LogP contribution in [-0.2, 0) is 11.8 Å². The Morgan fingerprint density at radius 3 is 2.94 bits per heavy atom. The van der Waals surface area contributed by atoms with Gasteiger partial charge in [0.25, 0.3) is 0 Å². The molecule has 17 heavy (non-hydrogen) atoms. The number of aromatic nitrogens is 2. The number of esters is 1. The summed E-state index contributed by atoms with van der Waals surface area (Å²) in [5.74, 6) is -1.11. The maximum absolute atomic E-state index is 13.8. The van der Waals surface area contributed by atoms with Crippen molar-refractivity contribution in [3.05, 3.63) is 28.1 Å². The van der Waals surface area contributed by atoms with Gasteiger partial charge < -0.3 is 4.74 Å². The maximum Gasteiger partial charge on any atom is 0.359 e. The first-order chi connectivity index (χ1) is 8.04. The van der Waals surface area contributed by atoms with Crippen LogP contribution in [0.1, 0.15) is 17.4 Å². The van der Waals surface area contributed by atoms with Crippen molar-refractivity contribution in [1.29, 1.82) is 0 Å². The maximum atomic E-state index is 13.8. The zero-order valence-corrected chi connectivity index (χ0v) is 10.9. The number of aryl methyl sites for hydroxylation is 1. The summed E-state index contributed by atoms with van der Waals surface area (Å²) in [6.07, 6.45) is 0. The molecule has 6 heteroatoms. The van der Waals surface area contributed by atoms with Crippen LogP contribution >= 0.6 is 15.9 Å². The van der Waals surface area contributed by atoms with E-state index in [1.165, 1.54) is 10.7 Å². The topological polar surface area (TPSA) is 44.1 Å². The van der Waals surface area contributed by atoms with Gasteiger partial charge in [-0.3, -0.25) is 4.68 Å². The molecule has 1 aromatic carbocycles. The number of carbonyl (C=O) groups excluding carboxylic acids is 1. The zero-order chi connectivity index (χ0) is 12.6. The Bertz CT molecular complexity index is 595. The third-order valence-corrected chi connectivity index (χ3v) is 2.80. The molecule has 0 saturated heterocycles. The SMILES string of the molecule is CCOC(=O)c1nn(C)c2cc(Br)cc(F)c12. The lowest BCUT2D eigenvalue weighted by Crippen LogP contribution is -2.06. The van der Waals surface area contributed by atoms with E-state index in [0.29, 0.717) is 9.99 Å². The molecule has 0 fully saturated rings. The van der Waals surface area contributed by atoms with Gasteiger partial charge in [0.2, 0.25) is 0 Å². The Balaban J connectivity index is 2.70. The van der Waals surface area contributed by atoms with Crippen molar-refractivity contribution in [3.8, 4) is 0 Å². The highest BCUT2D eigenvalue weighted by atomic mass is 79.9. The number of carbonyl (C=O) groups is 1. The normalized spacial score (nSPS) is 10.8. The van der Waals surface area contributed by atoms with Crippen LogP contribution in [-0.4, -0.2) is 22.4 Å². The van der Waals surface area contributed by atoms with Gasteiger partial charge in [0.05, 0.1) is 17.5 Å². The predicted molar refractivity (Wildman–Crippen MR) is 64.3 cm³/mol. The molecule has 4 nitrogen and oxygen atoms in total. The smallest absolute Gasteiger partial charge is 0.359 e. The van der Waals surface area contributed by atoms with Gasteiger partial charge in [-0.2, -0.15) is 5.10 Å². The van der Waals surface area contributed by atoms with Crippen molar-refractivity contribution in [2.24, 2.45) is 7.05 Å². The standard InChI is InChI=1S/C11H10BrFN2O2/c1-3-17-11(16)10-9-7(13)4-6(12)5-8(9)15(2)14-10/h4-5H,3H2,1-2H3. The van der Waals surface area contributed by atoms with Crippen LogP contribution < -0.4 is 0 Å². The van der Waals surface area contributed by atoms with E-state index < -0.39 is 11.8 Å². The minimum Gasteiger partial charge on any atom is -0.461 e. The van der Waals surface area contributed by atoms with Crippen LogP contribution in [0.3, 0.4) is 0 Å². The number of ether oxygens (including phenoxy) is 1. The number of nitrogens with zero attached hydrogens (tertiary/aromatic N) is 2. The molecule has 0 unspecified atom stereocenters. The molecule has 0 aliphatic heterocycles. The molecule has 0 saturated carbocycles. The van der Waals surface area contributed by atoms with E-state index in [1.54, 1.807) is 20.0 Å². The molecule has 1 aromatic heterocycles. The first-order valence-electron chi connectivity index (χ1n) is 5.03. The van der Waals surface area contributed by atoms with Crippen LogP contribution in [0.4, 0.5) is 4.39 Å². The van der Waals surface area contributed by atoms with E-state index in [0.717, 1.165) is 0 Å². The highest BCUT2D eigenvalue weighted by molar-refractivity contribution is 9.10. The van der Waals surface area contributed by atoms with Gasteiger partial charge in [-0.25, -0.2) is 9.18 Å². The van der Waals surface area contributed by atoms with Crippen molar-refractivity contribution in [1.82, 2.24) is 9.78 Å². The first kappa shape index (κ1) is 12.0. The highest BCUT2D eigenvalue weighted by Crippen LogP contribution is 2.26. The summed E-state index contributed by atoms with van der Waals surface area (Å²) in [6.45, 7) is 1.92. The number of hydrogen-bond acceptors (Lipinski definition) is 3. The Hall–Kier alpha value is -1.43. The van der Waals surface area contributed by atoms with Gasteiger partial charge in [-0.05, 0) is 19.1 Å². The van der Waals surface area contributed by atoms with E-state index in [9.17, 15) is 9.18 Å². The molecule has 2 aromatic rings. The number of halogens is 2. The van der Waals surface area contributed by atoms with E-state index >= 15 is 0 Å². The molecular formula is C11H10BrFN2O2. The quantitative estimate of drug-likeness (QED) is 0.801. The zero-order valence-electron chi connectivity index (χ0n) is 9.33. The average molecular weight is 301 g/mol. The Morgan fingerprint density at radius 2 is 2.29 bits per heavy atom. The largest absolute Gasteiger partial charge is 0.461 e. The minimum atomic E-state index is -0.612. The summed E-state index contributed by atoms with van der Waals surface area (Å²) in [5.41, 5.74) is 0.550. The second-order valence-electron chi connectivity index (χ2n) is 3.47. The Morgan fingerprint density at radius 1 is 1.59 bits per heavy atom. The minimum absolute atomic E-state index is 0.00866. The second-order valence-corrected chi connectivity index (χ2v) is 4.39. The third-order valence-electron chi connectivity index (χ3n) is 2.34. The molecule has 0 radical (unpaired) electrons. The van der Waals surface area contributed by atoms with E-state index in [1.807, 2.05) is 0 Å². The molecule has 2 rings (SSSR count). The summed E-state index contributed by atoms with van der Waals surface area (Å²) < 4.78 is 20.7. The molecule has 0 amide bonds. The van der Waals surface area contributed by atoms with E-state index in [2.05, 4.69) is 21.0 Å². The van der Waals surface area contributed by atoms with Gasteiger partial charge in [0.1, 0.15) is 5.82 Å². The molecule has 0 atom stereocenters. The molecule has 0 bridgehead atoms.